The first-order valence-corrected chi connectivity index (χ1v) is 11.8. The summed E-state index contributed by atoms with van der Waals surface area (Å²) in [5.74, 6) is -1.94. The molecular weight excluding hydrogens is 519 g/mol. The molecule has 1 spiro atoms. The van der Waals surface area contributed by atoms with Crippen LogP contribution in [0.25, 0.3) is 0 Å². The predicted octanol–water partition coefficient (Wildman–Crippen LogP) is 3.79. The Morgan fingerprint density at radius 2 is 1.73 bits per heavy atom. The molecule has 2 fully saturated rings. The lowest BCUT2D eigenvalue weighted by Crippen LogP contribution is -2.53. The molecule has 1 N–H and O–H groups in total. The molecule has 2 unspecified atom stereocenters. The minimum Gasteiger partial charge on any atom is -0.478 e. The van der Waals surface area contributed by atoms with E-state index in [-0.39, 0.29) is 40.3 Å². The minimum atomic E-state index is -1.35. The maximum Gasteiger partial charge on any atom is 0.338 e. The van der Waals surface area contributed by atoms with E-state index in [2.05, 4.69) is 16.0 Å². The van der Waals surface area contributed by atoms with E-state index in [4.69, 9.17) is 23.2 Å². The number of aromatic carboxylic acids is 1. The summed E-state index contributed by atoms with van der Waals surface area (Å²) in [6.45, 7) is 0.307. The molecule has 2 aliphatic rings. The van der Waals surface area contributed by atoms with Crippen LogP contribution in [0.1, 0.15) is 27.4 Å². The molecule has 2 atom stereocenters. The number of benzene rings is 2. The van der Waals surface area contributed by atoms with Gasteiger partial charge in [-0.15, -0.1) is 0 Å². The van der Waals surface area contributed by atoms with Gasteiger partial charge in [0.2, 0.25) is 5.95 Å². The van der Waals surface area contributed by atoms with Crippen LogP contribution in [0.2, 0.25) is 10.0 Å². The number of anilines is 2. The number of halogens is 2. The monoisotopic (exact) mass is 536 g/mol. The molecule has 3 aromatic rings. The first-order valence-electron chi connectivity index (χ1n) is 11.0. The van der Waals surface area contributed by atoms with E-state index >= 15 is 0 Å². The van der Waals surface area contributed by atoms with Gasteiger partial charge in [0.15, 0.2) is 0 Å². The lowest BCUT2D eigenvalue weighted by molar-refractivity contribution is -0.124. The molecule has 0 radical (unpaired) electrons. The van der Waals surface area contributed by atoms with Crippen LogP contribution in [-0.2, 0) is 4.79 Å². The van der Waals surface area contributed by atoms with E-state index in [1.54, 1.807) is 36.2 Å². The van der Waals surface area contributed by atoms with Crippen LogP contribution in [-0.4, -0.2) is 63.6 Å². The Morgan fingerprint density at radius 1 is 1.11 bits per heavy atom. The maximum absolute atomic E-state index is 14.2. The van der Waals surface area contributed by atoms with Crippen LogP contribution in [0.4, 0.5) is 16.4 Å². The second-order valence-corrected chi connectivity index (χ2v) is 9.65. The fraction of sp³-hybridized carbons (Fsp3) is 0.200. The zero-order valence-electron chi connectivity index (χ0n) is 19.3. The van der Waals surface area contributed by atoms with Crippen LogP contribution < -0.4 is 9.80 Å². The first kappa shape index (κ1) is 24.5. The highest BCUT2D eigenvalue weighted by molar-refractivity contribution is 6.35. The molecule has 5 rings (SSSR count). The Morgan fingerprint density at radius 3 is 2.30 bits per heavy atom. The summed E-state index contributed by atoms with van der Waals surface area (Å²) in [5.41, 5.74) is 0.0135. The summed E-state index contributed by atoms with van der Waals surface area (Å²) < 4.78 is 0. The first-order chi connectivity index (χ1) is 17.6. The molecule has 37 heavy (non-hydrogen) atoms. The Labute approximate surface area is 221 Å². The predicted molar refractivity (Wildman–Crippen MR) is 135 cm³/mol. The second-order valence-electron chi connectivity index (χ2n) is 8.78. The molecule has 12 heteroatoms. The number of carbonyl (C=O) groups excluding carboxylic acids is 2. The number of imide groups is 1. The summed E-state index contributed by atoms with van der Waals surface area (Å²) in [5, 5.41) is 19.0. The number of urea groups is 1. The Hall–Kier alpha value is -4.20. The molecule has 2 saturated heterocycles. The third kappa shape index (κ3) is 3.93. The van der Waals surface area contributed by atoms with Gasteiger partial charge in [0, 0.05) is 41.9 Å². The number of nitrogens with zero attached hydrogens (tertiary/aromatic N) is 6. The Balaban J connectivity index is 1.61. The number of carbonyl (C=O) groups is 3. The van der Waals surface area contributed by atoms with Gasteiger partial charge in [-0.3, -0.25) is 4.79 Å². The third-order valence-electron chi connectivity index (χ3n) is 6.78. The topological polar surface area (TPSA) is 131 Å². The van der Waals surface area contributed by atoms with E-state index in [9.17, 15) is 24.8 Å². The van der Waals surface area contributed by atoms with Crippen LogP contribution in [0.5, 0.6) is 0 Å². The maximum atomic E-state index is 14.2. The molecule has 2 aliphatic heterocycles. The highest BCUT2D eigenvalue weighted by Crippen LogP contribution is 2.47. The Kier molecular flexibility index (Phi) is 5.98. The van der Waals surface area contributed by atoms with E-state index < -0.39 is 29.4 Å². The molecule has 2 aromatic carbocycles. The largest absolute Gasteiger partial charge is 0.478 e. The molecule has 0 aliphatic carbocycles. The quantitative estimate of drug-likeness (QED) is 0.498. The number of aromatic nitrogens is 2. The van der Waals surface area contributed by atoms with Gasteiger partial charge in [-0.25, -0.2) is 24.5 Å². The van der Waals surface area contributed by atoms with Gasteiger partial charge in [-0.05, 0) is 35.9 Å². The van der Waals surface area contributed by atoms with Crippen molar-refractivity contribution < 1.29 is 19.5 Å². The van der Waals surface area contributed by atoms with E-state index in [0.29, 0.717) is 5.56 Å². The summed E-state index contributed by atoms with van der Waals surface area (Å²) in [7, 11) is 1.56. The van der Waals surface area contributed by atoms with Gasteiger partial charge in [0.1, 0.15) is 5.54 Å². The summed E-state index contributed by atoms with van der Waals surface area (Å²) >= 11 is 12.3. The number of hydrogen-bond donors (Lipinski definition) is 1. The lowest BCUT2D eigenvalue weighted by Gasteiger charge is -2.33. The molecule has 3 amide bonds. The van der Waals surface area contributed by atoms with E-state index in [1.165, 1.54) is 35.5 Å². The van der Waals surface area contributed by atoms with Crippen molar-refractivity contribution in [1.29, 1.82) is 5.26 Å². The van der Waals surface area contributed by atoms with Gasteiger partial charge in [0.05, 0.1) is 29.4 Å². The SMILES string of the molecule is CN1C(=O)N(c2cc(Cl)cc(Cl)c2)C(=O)C12CN(c1ncc(C(=O)O)cn1)CC2c1ccc(C#N)cc1. The van der Waals surface area contributed by atoms with Crippen LogP contribution in [0, 0.1) is 11.3 Å². The highest BCUT2D eigenvalue weighted by atomic mass is 35.5. The fourth-order valence-electron chi connectivity index (χ4n) is 4.95. The van der Waals surface area contributed by atoms with E-state index in [0.717, 1.165) is 10.5 Å². The van der Waals surface area contributed by atoms with Gasteiger partial charge in [0.25, 0.3) is 5.91 Å². The smallest absolute Gasteiger partial charge is 0.338 e. The minimum absolute atomic E-state index is 0.0515. The zero-order chi connectivity index (χ0) is 26.5. The number of amides is 3. The number of hydrogen-bond acceptors (Lipinski definition) is 7. The number of rotatable bonds is 4. The molecule has 10 nitrogen and oxygen atoms in total. The number of carboxylic acids is 1. The fourth-order valence-corrected chi connectivity index (χ4v) is 5.47. The highest BCUT2D eigenvalue weighted by Gasteiger charge is 2.64. The standard InChI is InChI=1S/C25H18Cl2N6O4/c1-31-24(37)33(19-7-17(26)6-18(27)8-19)22(36)25(31)13-32(23-29-10-16(11-30-23)21(34)35)12-20(25)15-4-2-14(9-28)3-5-15/h2-8,10-11,20H,12-13H2,1H3,(H,34,35). The van der Waals surface area contributed by atoms with Crippen LogP contribution in [0.3, 0.4) is 0 Å². The summed E-state index contributed by atoms with van der Waals surface area (Å²) in [6, 6.07) is 12.8. The average Bonchev–Trinajstić information content (AvgIpc) is 3.37. The molecular formula is C25H18Cl2N6O4. The molecule has 186 valence electrons. The van der Waals surface area contributed by atoms with Crippen LogP contribution >= 0.6 is 23.2 Å². The number of carboxylic acid groups (broad SMARTS) is 1. The Bertz CT molecular complexity index is 1450. The molecule has 1 aromatic heterocycles. The van der Waals surface area contributed by atoms with Gasteiger partial charge in [-0.2, -0.15) is 5.26 Å². The molecule has 3 heterocycles. The van der Waals surface area contributed by atoms with Gasteiger partial charge < -0.3 is 14.9 Å². The van der Waals surface area contributed by atoms with Crippen molar-refractivity contribution in [2.24, 2.45) is 0 Å². The van der Waals surface area contributed by atoms with Crippen molar-refractivity contribution in [3.8, 4) is 6.07 Å². The normalized spacial score (nSPS) is 21.1. The number of likely N-dealkylation sites (N-methyl/N-ethyl adjacent to an activating group) is 1. The van der Waals surface area contributed by atoms with Crippen molar-refractivity contribution in [2.75, 3.05) is 29.9 Å². The number of nitriles is 1. The van der Waals surface area contributed by atoms with Gasteiger partial charge >= 0.3 is 12.0 Å². The third-order valence-corrected chi connectivity index (χ3v) is 7.21. The summed E-state index contributed by atoms with van der Waals surface area (Å²) in [4.78, 5) is 51.5. The summed E-state index contributed by atoms with van der Waals surface area (Å²) in [6.07, 6.45) is 2.38. The lowest BCUT2D eigenvalue weighted by atomic mass is 9.80. The average molecular weight is 537 g/mol. The van der Waals surface area contributed by atoms with Crippen molar-refractivity contribution in [1.82, 2.24) is 14.9 Å². The van der Waals surface area contributed by atoms with E-state index in [1.807, 2.05) is 0 Å². The van der Waals surface area contributed by atoms with Crippen molar-refractivity contribution in [3.63, 3.8) is 0 Å². The second kappa shape index (κ2) is 9.03. The van der Waals surface area contributed by atoms with Crippen LogP contribution in [0.15, 0.2) is 54.9 Å². The zero-order valence-corrected chi connectivity index (χ0v) is 20.8. The van der Waals surface area contributed by atoms with Crippen molar-refractivity contribution in [3.05, 3.63) is 81.6 Å². The van der Waals surface area contributed by atoms with Crippen molar-refractivity contribution in [2.45, 2.75) is 11.5 Å². The molecule has 0 saturated carbocycles. The van der Waals surface area contributed by atoms with Crippen molar-refractivity contribution >= 4 is 52.7 Å². The molecule has 0 bridgehead atoms. The van der Waals surface area contributed by atoms with Gasteiger partial charge in [-0.1, -0.05) is 35.3 Å².